The van der Waals surface area contributed by atoms with Gasteiger partial charge in [0.15, 0.2) is 0 Å². The third-order valence-electron chi connectivity index (χ3n) is 3.46. The maximum atomic E-state index is 11.5. The van der Waals surface area contributed by atoms with Gasteiger partial charge in [-0.25, -0.2) is 0 Å². The van der Waals surface area contributed by atoms with E-state index in [4.69, 9.17) is 4.74 Å². The van der Waals surface area contributed by atoms with Crippen LogP contribution in [0, 0.1) is 5.92 Å². The summed E-state index contributed by atoms with van der Waals surface area (Å²) in [5, 5.41) is 0. The van der Waals surface area contributed by atoms with Crippen molar-refractivity contribution in [3.05, 3.63) is 0 Å². The molecule has 1 saturated carbocycles. The van der Waals surface area contributed by atoms with Gasteiger partial charge in [-0.15, -0.1) is 0 Å². The third-order valence-corrected chi connectivity index (χ3v) is 3.46. The summed E-state index contributed by atoms with van der Waals surface area (Å²) in [7, 11) is 0. The summed E-state index contributed by atoms with van der Waals surface area (Å²) < 4.78 is 5.04. The molecule has 3 nitrogen and oxygen atoms in total. The fourth-order valence-corrected chi connectivity index (χ4v) is 2.54. The highest BCUT2D eigenvalue weighted by molar-refractivity contribution is 5.70. The molecule has 0 aromatic heterocycles. The van der Waals surface area contributed by atoms with Gasteiger partial charge < -0.3 is 4.74 Å². The van der Waals surface area contributed by atoms with Crippen molar-refractivity contribution in [2.24, 2.45) is 5.92 Å². The van der Waals surface area contributed by atoms with Crippen molar-refractivity contribution < 1.29 is 9.53 Å². The van der Waals surface area contributed by atoms with Gasteiger partial charge in [-0.2, -0.15) is 0 Å². The topological polar surface area (TPSA) is 29.5 Å². The van der Waals surface area contributed by atoms with Crippen LogP contribution in [-0.4, -0.2) is 36.6 Å². The lowest BCUT2D eigenvalue weighted by atomic mass is 10.1. The lowest BCUT2D eigenvalue weighted by molar-refractivity contribution is -0.144. The van der Waals surface area contributed by atoms with E-state index in [1.54, 1.807) is 0 Å². The molecule has 0 spiro atoms. The van der Waals surface area contributed by atoms with E-state index in [1.165, 1.54) is 38.8 Å². The standard InChI is InChI=1S/C12H21NO2/c1-2-15-12(14)9-11(10-5-6-10)13-7-3-4-8-13/h10-11H,2-9H2,1H3. The lowest BCUT2D eigenvalue weighted by Crippen LogP contribution is -2.36. The van der Waals surface area contributed by atoms with Crippen LogP contribution in [0.3, 0.4) is 0 Å². The summed E-state index contributed by atoms with van der Waals surface area (Å²) in [5.41, 5.74) is 0. The molecule has 2 aliphatic rings. The Hall–Kier alpha value is -0.570. The summed E-state index contributed by atoms with van der Waals surface area (Å²) in [6, 6.07) is 0.478. The summed E-state index contributed by atoms with van der Waals surface area (Å²) in [5.74, 6) is 0.758. The summed E-state index contributed by atoms with van der Waals surface area (Å²) in [6.07, 6.45) is 5.82. The summed E-state index contributed by atoms with van der Waals surface area (Å²) in [6.45, 7) is 4.75. The van der Waals surface area contributed by atoms with Crippen molar-refractivity contribution in [2.45, 2.75) is 45.1 Å². The SMILES string of the molecule is CCOC(=O)CC(C1CC1)N1CCCC1. The first-order valence-corrected chi connectivity index (χ1v) is 6.21. The van der Waals surface area contributed by atoms with E-state index < -0.39 is 0 Å². The number of hydrogen-bond donors (Lipinski definition) is 0. The minimum Gasteiger partial charge on any atom is -0.466 e. The number of likely N-dealkylation sites (tertiary alicyclic amines) is 1. The number of carbonyl (C=O) groups is 1. The quantitative estimate of drug-likeness (QED) is 0.650. The molecule has 1 unspecified atom stereocenters. The summed E-state index contributed by atoms with van der Waals surface area (Å²) >= 11 is 0. The molecule has 0 aromatic carbocycles. The number of rotatable bonds is 5. The van der Waals surface area contributed by atoms with Gasteiger partial charge in [0.05, 0.1) is 13.0 Å². The second-order valence-electron chi connectivity index (χ2n) is 4.66. The molecule has 2 fully saturated rings. The maximum Gasteiger partial charge on any atom is 0.307 e. The molecule has 3 heteroatoms. The second kappa shape index (κ2) is 4.97. The van der Waals surface area contributed by atoms with Crippen LogP contribution in [0.1, 0.15) is 39.0 Å². The van der Waals surface area contributed by atoms with E-state index >= 15 is 0 Å². The molecular formula is C12H21NO2. The first-order valence-electron chi connectivity index (χ1n) is 6.21. The highest BCUT2D eigenvalue weighted by Crippen LogP contribution is 2.38. The smallest absolute Gasteiger partial charge is 0.307 e. The molecule has 0 aromatic rings. The molecule has 0 N–H and O–H groups in total. The fourth-order valence-electron chi connectivity index (χ4n) is 2.54. The Morgan fingerprint density at radius 2 is 2.07 bits per heavy atom. The Morgan fingerprint density at radius 3 is 2.60 bits per heavy atom. The van der Waals surface area contributed by atoms with Crippen molar-refractivity contribution in [1.29, 1.82) is 0 Å². The number of carbonyl (C=O) groups excluding carboxylic acids is 1. The number of hydrogen-bond acceptors (Lipinski definition) is 3. The molecule has 1 aliphatic carbocycles. The van der Waals surface area contributed by atoms with E-state index in [2.05, 4.69) is 4.90 Å². The minimum atomic E-state index is -0.0127. The van der Waals surface area contributed by atoms with Crippen LogP contribution in [0.2, 0.25) is 0 Å². The van der Waals surface area contributed by atoms with Gasteiger partial charge in [0.1, 0.15) is 0 Å². The second-order valence-corrected chi connectivity index (χ2v) is 4.66. The van der Waals surface area contributed by atoms with Crippen LogP contribution in [0.5, 0.6) is 0 Å². The molecule has 2 rings (SSSR count). The number of esters is 1. The Morgan fingerprint density at radius 1 is 1.40 bits per heavy atom. The van der Waals surface area contributed by atoms with E-state index in [1.807, 2.05) is 6.92 Å². The van der Waals surface area contributed by atoms with Crippen LogP contribution in [0.25, 0.3) is 0 Å². The van der Waals surface area contributed by atoms with Crippen LogP contribution in [0.4, 0.5) is 0 Å². The highest BCUT2D eigenvalue weighted by Gasteiger charge is 2.37. The average molecular weight is 211 g/mol. The van der Waals surface area contributed by atoms with E-state index in [0.29, 0.717) is 19.1 Å². The zero-order chi connectivity index (χ0) is 10.7. The molecule has 0 amide bonds. The fraction of sp³-hybridized carbons (Fsp3) is 0.917. The zero-order valence-corrected chi connectivity index (χ0v) is 9.58. The number of nitrogens with zero attached hydrogens (tertiary/aromatic N) is 1. The third kappa shape index (κ3) is 2.94. The first kappa shape index (κ1) is 10.9. The molecular weight excluding hydrogens is 190 g/mol. The highest BCUT2D eigenvalue weighted by atomic mass is 16.5. The van der Waals surface area contributed by atoms with Gasteiger partial charge in [0.2, 0.25) is 0 Å². The van der Waals surface area contributed by atoms with E-state index in [0.717, 1.165) is 5.92 Å². The van der Waals surface area contributed by atoms with Gasteiger partial charge in [-0.1, -0.05) is 0 Å². The average Bonchev–Trinajstić information content (AvgIpc) is 2.90. The van der Waals surface area contributed by atoms with Crippen molar-refractivity contribution in [2.75, 3.05) is 19.7 Å². The lowest BCUT2D eigenvalue weighted by Gasteiger charge is -2.26. The Kier molecular flexibility index (Phi) is 3.62. The Bertz CT molecular complexity index is 220. The Labute approximate surface area is 91.8 Å². The molecule has 15 heavy (non-hydrogen) atoms. The summed E-state index contributed by atoms with van der Waals surface area (Å²) in [4.78, 5) is 14.0. The molecule has 1 saturated heterocycles. The zero-order valence-electron chi connectivity index (χ0n) is 9.58. The molecule has 1 heterocycles. The van der Waals surface area contributed by atoms with Crippen LogP contribution < -0.4 is 0 Å². The maximum absolute atomic E-state index is 11.5. The van der Waals surface area contributed by atoms with Crippen LogP contribution in [0.15, 0.2) is 0 Å². The van der Waals surface area contributed by atoms with Gasteiger partial charge in [0, 0.05) is 6.04 Å². The van der Waals surface area contributed by atoms with Crippen molar-refractivity contribution in [1.82, 2.24) is 4.90 Å². The molecule has 0 bridgehead atoms. The molecule has 1 atom stereocenters. The monoisotopic (exact) mass is 211 g/mol. The van der Waals surface area contributed by atoms with Crippen molar-refractivity contribution >= 4 is 5.97 Å². The first-order chi connectivity index (χ1) is 7.31. The van der Waals surface area contributed by atoms with Gasteiger partial charge in [-0.3, -0.25) is 9.69 Å². The predicted molar refractivity (Wildman–Crippen MR) is 58.6 cm³/mol. The normalized spacial score (nSPS) is 24.1. The molecule has 1 aliphatic heterocycles. The largest absolute Gasteiger partial charge is 0.466 e. The van der Waals surface area contributed by atoms with Gasteiger partial charge in [0.25, 0.3) is 0 Å². The van der Waals surface area contributed by atoms with Gasteiger partial charge >= 0.3 is 5.97 Å². The van der Waals surface area contributed by atoms with Crippen molar-refractivity contribution in [3.8, 4) is 0 Å². The van der Waals surface area contributed by atoms with E-state index in [-0.39, 0.29) is 5.97 Å². The van der Waals surface area contributed by atoms with Crippen LogP contribution >= 0.6 is 0 Å². The van der Waals surface area contributed by atoms with E-state index in [9.17, 15) is 4.79 Å². The number of ether oxygens (including phenoxy) is 1. The minimum absolute atomic E-state index is 0.0127. The Balaban J connectivity index is 1.85. The van der Waals surface area contributed by atoms with Crippen LogP contribution in [-0.2, 0) is 9.53 Å². The van der Waals surface area contributed by atoms with Gasteiger partial charge in [-0.05, 0) is 51.6 Å². The van der Waals surface area contributed by atoms with Crippen molar-refractivity contribution in [3.63, 3.8) is 0 Å². The predicted octanol–water partition coefficient (Wildman–Crippen LogP) is 1.81. The molecule has 86 valence electrons. The molecule has 0 radical (unpaired) electrons.